The van der Waals surface area contributed by atoms with E-state index in [0.29, 0.717) is 23.8 Å². The van der Waals surface area contributed by atoms with Gasteiger partial charge in [0, 0.05) is 25.3 Å². The first-order valence-corrected chi connectivity index (χ1v) is 7.31. The number of aromatic nitrogens is 2. The van der Waals surface area contributed by atoms with E-state index in [1.54, 1.807) is 25.0 Å². The first kappa shape index (κ1) is 14.8. The molecule has 5 nitrogen and oxygen atoms in total. The summed E-state index contributed by atoms with van der Waals surface area (Å²) in [6.45, 7) is 4.65. The van der Waals surface area contributed by atoms with Gasteiger partial charge in [0.05, 0.1) is 11.9 Å². The van der Waals surface area contributed by atoms with Gasteiger partial charge in [-0.3, -0.25) is 4.79 Å². The highest BCUT2D eigenvalue weighted by molar-refractivity contribution is 7.98. The number of carbonyl (C=O) groups is 1. The number of hydrogen-bond acceptors (Lipinski definition) is 5. The normalized spacial score (nSPS) is 10.5. The van der Waals surface area contributed by atoms with Crippen molar-refractivity contribution in [2.45, 2.75) is 19.8 Å². The number of anilines is 1. The lowest BCUT2D eigenvalue weighted by Gasteiger charge is -2.11. The topological polar surface area (TPSA) is 66.9 Å². The Hall–Kier alpha value is -1.30. The molecule has 0 aromatic carbocycles. The third-order valence-electron chi connectivity index (χ3n) is 2.40. The average Bonchev–Trinajstić information content (AvgIpc) is 2.38. The van der Waals surface area contributed by atoms with Crippen molar-refractivity contribution in [3.05, 3.63) is 17.7 Å². The van der Waals surface area contributed by atoms with E-state index in [1.807, 2.05) is 20.1 Å². The minimum atomic E-state index is -0.155. The highest BCUT2D eigenvalue weighted by Gasteiger charge is 2.15. The molecule has 1 rings (SSSR count). The molecule has 1 heterocycles. The summed E-state index contributed by atoms with van der Waals surface area (Å²) >= 11 is 1.69. The maximum Gasteiger partial charge on any atom is 0.272 e. The van der Waals surface area contributed by atoms with Gasteiger partial charge in [-0.2, -0.15) is 11.8 Å². The summed E-state index contributed by atoms with van der Waals surface area (Å²) in [5.41, 5.74) is 1.07. The molecule has 0 saturated heterocycles. The Morgan fingerprint density at radius 1 is 1.50 bits per heavy atom. The number of thioether (sulfide) groups is 1. The molecule has 6 heteroatoms. The molecule has 0 aliphatic heterocycles. The molecule has 18 heavy (non-hydrogen) atoms. The maximum absolute atomic E-state index is 12.0. The molecule has 1 aromatic rings. The number of nitrogens with one attached hydrogen (secondary N) is 2. The van der Waals surface area contributed by atoms with Crippen LogP contribution in [0.3, 0.4) is 0 Å². The van der Waals surface area contributed by atoms with Crippen molar-refractivity contribution < 1.29 is 4.79 Å². The highest BCUT2D eigenvalue weighted by Crippen LogP contribution is 2.15. The SMILES string of the molecule is CNc1cnc(C(C)C)nc1C(=O)NCCSC. The lowest BCUT2D eigenvalue weighted by molar-refractivity contribution is 0.0951. The number of nitrogens with zero attached hydrogens (tertiary/aromatic N) is 2. The Morgan fingerprint density at radius 3 is 2.78 bits per heavy atom. The van der Waals surface area contributed by atoms with Gasteiger partial charge in [-0.1, -0.05) is 13.8 Å². The lowest BCUT2D eigenvalue weighted by Crippen LogP contribution is -2.28. The molecule has 0 spiro atoms. The van der Waals surface area contributed by atoms with E-state index < -0.39 is 0 Å². The van der Waals surface area contributed by atoms with E-state index in [1.165, 1.54) is 0 Å². The van der Waals surface area contributed by atoms with Crippen molar-refractivity contribution in [2.75, 3.05) is 30.9 Å². The molecule has 0 saturated carbocycles. The van der Waals surface area contributed by atoms with Crippen LogP contribution in [0.4, 0.5) is 5.69 Å². The summed E-state index contributed by atoms with van der Waals surface area (Å²) in [7, 11) is 1.76. The summed E-state index contributed by atoms with van der Waals surface area (Å²) < 4.78 is 0. The van der Waals surface area contributed by atoms with Crippen molar-refractivity contribution in [1.29, 1.82) is 0 Å². The quantitative estimate of drug-likeness (QED) is 0.769. The lowest BCUT2D eigenvalue weighted by atomic mass is 10.2. The fourth-order valence-corrected chi connectivity index (χ4v) is 1.69. The van der Waals surface area contributed by atoms with Crippen LogP contribution >= 0.6 is 11.8 Å². The van der Waals surface area contributed by atoms with Crippen LogP contribution in [0.1, 0.15) is 36.1 Å². The molecular formula is C12H20N4OS. The van der Waals surface area contributed by atoms with Gasteiger partial charge in [0.15, 0.2) is 5.69 Å². The van der Waals surface area contributed by atoms with E-state index in [9.17, 15) is 4.79 Å². The molecule has 1 amide bonds. The number of carbonyl (C=O) groups excluding carboxylic acids is 1. The summed E-state index contributed by atoms with van der Waals surface area (Å²) in [5, 5.41) is 5.79. The first-order valence-electron chi connectivity index (χ1n) is 5.92. The maximum atomic E-state index is 12.0. The molecule has 1 aromatic heterocycles. The van der Waals surface area contributed by atoms with Crippen molar-refractivity contribution in [3.63, 3.8) is 0 Å². The van der Waals surface area contributed by atoms with Crippen LogP contribution in [-0.2, 0) is 0 Å². The summed E-state index contributed by atoms with van der Waals surface area (Å²) in [4.78, 5) is 20.6. The Kier molecular flexibility index (Phi) is 5.91. The minimum absolute atomic E-state index is 0.155. The fraction of sp³-hybridized carbons (Fsp3) is 0.583. The molecule has 0 unspecified atom stereocenters. The molecule has 0 atom stereocenters. The zero-order valence-corrected chi connectivity index (χ0v) is 12.1. The van der Waals surface area contributed by atoms with Crippen LogP contribution in [0.25, 0.3) is 0 Å². The molecule has 2 N–H and O–H groups in total. The second kappa shape index (κ2) is 7.20. The second-order valence-electron chi connectivity index (χ2n) is 4.14. The van der Waals surface area contributed by atoms with Crippen molar-refractivity contribution in [2.24, 2.45) is 0 Å². The van der Waals surface area contributed by atoms with Crippen LogP contribution in [0.5, 0.6) is 0 Å². The van der Waals surface area contributed by atoms with Gasteiger partial charge < -0.3 is 10.6 Å². The number of hydrogen-bond donors (Lipinski definition) is 2. The van der Waals surface area contributed by atoms with Gasteiger partial charge in [0.1, 0.15) is 5.82 Å². The third kappa shape index (κ3) is 3.87. The smallest absolute Gasteiger partial charge is 0.272 e. The molecule has 0 aliphatic rings. The molecule has 0 bridgehead atoms. The zero-order valence-electron chi connectivity index (χ0n) is 11.3. The first-order chi connectivity index (χ1) is 8.60. The fourth-order valence-electron chi connectivity index (χ4n) is 1.38. The molecular weight excluding hydrogens is 248 g/mol. The average molecular weight is 268 g/mol. The van der Waals surface area contributed by atoms with Crippen LogP contribution in [-0.4, -0.2) is 41.5 Å². The van der Waals surface area contributed by atoms with Crippen molar-refractivity contribution in [3.8, 4) is 0 Å². The number of amides is 1. The van der Waals surface area contributed by atoms with Crippen LogP contribution in [0.2, 0.25) is 0 Å². The molecule has 100 valence electrons. The largest absolute Gasteiger partial charge is 0.385 e. The minimum Gasteiger partial charge on any atom is -0.385 e. The summed E-state index contributed by atoms with van der Waals surface area (Å²) in [6, 6.07) is 0. The Morgan fingerprint density at radius 2 is 2.22 bits per heavy atom. The van der Waals surface area contributed by atoms with Gasteiger partial charge in [0.2, 0.25) is 0 Å². The molecule has 0 aliphatic carbocycles. The van der Waals surface area contributed by atoms with Crippen LogP contribution in [0.15, 0.2) is 6.20 Å². The summed E-state index contributed by atoms with van der Waals surface area (Å²) in [6.07, 6.45) is 3.67. The van der Waals surface area contributed by atoms with Crippen LogP contribution in [0, 0.1) is 0 Å². The Labute approximate surface area is 112 Å². The van der Waals surface area contributed by atoms with Gasteiger partial charge in [-0.05, 0) is 6.26 Å². The zero-order chi connectivity index (χ0) is 13.5. The van der Waals surface area contributed by atoms with E-state index in [-0.39, 0.29) is 11.8 Å². The second-order valence-corrected chi connectivity index (χ2v) is 5.13. The van der Waals surface area contributed by atoms with E-state index in [0.717, 1.165) is 5.75 Å². The molecule has 0 radical (unpaired) electrons. The van der Waals surface area contributed by atoms with E-state index in [2.05, 4.69) is 20.6 Å². The Bertz CT molecular complexity index is 409. The third-order valence-corrected chi connectivity index (χ3v) is 3.01. The van der Waals surface area contributed by atoms with Gasteiger partial charge >= 0.3 is 0 Å². The summed E-state index contributed by atoms with van der Waals surface area (Å²) in [5.74, 6) is 1.62. The van der Waals surface area contributed by atoms with Crippen molar-refractivity contribution >= 4 is 23.4 Å². The standard InChI is InChI=1S/C12H20N4OS/c1-8(2)11-15-7-9(13-3)10(16-11)12(17)14-5-6-18-4/h7-8,13H,5-6H2,1-4H3,(H,14,17). The Balaban J connectivity index is 2.89. The predicted octanol–water partition coefficient (Wildman–Crippen LogP) is 1.73. The van der Waals surface area contributed by atoms with Crippen LogP contribution < -0.4 is 10.6 Å². The molecule has 0 fully saturated rings. The number of rotatable bonds is 6. The van der Waals surface area contributed by atoms with Gasteiger partial charge in [-0.25, -0.2) is 9.97 Å². The highest BCUT2D eigenvalue weighted by atomic mass is 32.2. The van der Waals surface area contributed by atoms with Gasteiger partial charge in [0.25, 0.3) is 5.91 Å². The van der Waals surface area contributed by atoms with E-state index in [4.69, 9.17) is 0 Å². The van der Waals surface area contributed by atoms with E-state index >= 15 is 0 Å². The van der Waals surface area contributed by atoms with Crippen molar-refractivity contribution in [1.82, 2.24) is 15.3 Å². The predicted molar refractivity (Wildman–Crippen MR) is 76.4 cm³/mol. The monoisotopic (exact) mass is 268 g/mol. The van der Waals surface area contributed by atoms with Gasteiger partial charge in [-0.15, -0.1) is 0 Å².